The first-order chi connectivity index (χ1) is 17.0. The molecular formula is C30H31F3O2. The van der Waals surface area contributed by atoms with Gasteiger partial charge in [0, 0.05) is 5.56 Å². The molecule has 0 saturated carbocycles. The van der Waals surface area contributed by atoms with Crippen molar-refractivity contribution >= 4 is 0 Å². The van der Waals surface area contributed by atoms with Crippen molar-refractivity contribution in [3.8, 4) is 28.0 Å². The molecule has 0 aliphatic carbocycles. The monoisotopic (exact) mass is 480 g/mol. The number of alkyl halides is 2. The first kappa shape index (κ1) is 25.1. The number of rotatable bonds is 9. The summed E-state index contributed by atoms with van der Waals surface area (Å²) in [6, 6.07) is 17.2. The maximum absolute atomic E-state index is 15.4. The smallest absolute Gasteiger partial charge is 0.267 e. The summed E-state index contributed by atoms with van der Waals surface area (Å²) >= 11 is 0. The van der Waals surface area contributed by atoms with Crippen LogP contribution in [0.5, 0.6) is 5.75 Å². The molecule has 2 nitrogen and oxygen atoms in total. The van der Waals surface area contributed by atoms with Gasteiger partial charge in [0.2, 0.25) is 0 Å². The van der Waals surface area contributed by atoms with Crippen molar-refractivity contribution in [3.05, 3.63) is 90.3 Å². The van der Waals surface area contributed by atoms with Crippen molar-refractivity contribution in [2.24, 2.45) is 5.92 Å². The molecule has 3 aromatic carbocycles. The zero-order valence-corrected chi connectivity index (χ0v) is 20.0. The van der Waals surface area contributed by atoms with Gasteiger partial charge in [0.15, 0.2) is 0 Å². The van der Waals surface area contributed by atoms with Crippen LogP contribution in [0.25, 0.3) is 22.3 Å². The van der Waals surface area contributed by atoms with Gasteiger partial charge in [-0.05, 0) is 59.6 Å². The zero-order chi connectivity index (χ0) is 24.8. The topological polar surface area (TPSA) is 18.5 Å². The number of benzene rings is 3. The Morgan fingerprint density at radius 3 is 2.23 bits per heavy atom. The SMILES string of the molecule is C=CCOc1ccc(-c2ccc(-c3ccc(C4CCC(CCC)CO4)cc3)c(F)c2C(F)F)cc1. The fraction of sp³-hybridized carbons (Fsp3) is 0.333. The summed E-state index contributed by atoms with van der Waals surface area (Å²) in [6.45, 7) is 6.89. The third kappa shape index (κ3) is 5.79. The Bertz CT molecular complexity index is 1120. The van der Waals surface area contributed by atoms with E-state index in [-0.39, 0.29) is 17.2 Å². The Morgan fingerprint density at radius 1 is 0.971 bits per heavy atom. The van der Waals surface area contributed by atoms with Gasteiger partial charge in [0.05, 0.1) is 18.3 Å². The van der Waals surface area contributed by atoms with Gasteiger partial charge in [-0.15, -0.1) is 0 Å². The van der Waals surface area contributed by atoms with Crippen LogP contribution in [0.1, 0.15) is 56.3 Å². The molecule has 3 aromatic rings. The van der Waals surface area contributed by atoms with Crippen LogP contribution in [0.2, 0.25) is 0 Å². The highest BCUT2D eigenvalue weighted by molar-refractivity contribution is 5.75. The standard InChI is InChI=1S/C30H31F3O2/c1-3-5-20-6-17-27(35-19-20)23-9-7-22(8-10-23)26-16-15-25(28(29(26)31)30(32)33)21-11-13-24(14-12-21)34-18-4-2/h4,7-16,20,27,30H,2-3,5-6,17-19H2,1H3. The average molecular weight is 481 g/mol. The van der Waals surface area contributed by atoms with E-state index in [4.69, 9.17) is 9.47 Å². The van der Waals surface area contributed by atoms with E-state index in [0.717, 1.165) is 31.4 Å². The summed E-state index contributed by atoms with van der Waals surface area (Å²) in [5, 5.41) is 0. The average Bonchev–Trinajstić information content (AvgIpc) is 2.88. The second-order valence-electron chi connectivity index (χ2n) is 8.99. The number of hydrogen-bond donors (Lipinski definition) is 0. The minimum atomic E-state index is -2.95. The van der Waals surface area contributed by atoms with E-state index in [2.05, 4.69) is 13.5 Å². The minimum Gasteiger partial charge on any atom is -0.490 e. The Morgan fingerprint density at radius 2 is 1.63 bits per heavy atom. The van der Waals surface area contributed by atoms with Gasteiger partial charge in [-0.1, -0.05) is 74.5 Å². The lowest BCUT2D eigenvalue weighted by molar-refractivity contribution is -0.0194. The van der Waals surface area contributed by atoms with Gasteiger partial charge in [0.25, 0.3) is 6.43 Å². The molecule has 0 N–H and O–H groups in total. The second kappa shape index (κ2) is 11.6. The number of halogens is 3. The molecule has 1 aliphatic heterocycles. The van der Waals surface area contributed by atoms with Crippen LogP contribution in [-0.4, -0.2) is 13.2 Å². The first-order valence-corrected chi connectivity index (χ1v) is 12.2. The van der Waals surface area contributed by atoms with E-state index in [0.29, 0.717) is 29.4 Å². The van der Waals surface area contributed by atoms with Crippen LogP contribution in [-0.2, 0) is 4.74 Å². The fourth-order valence-corrected chi connectivity index (χ4v) is 4.75. The molecule has 1 fully saturated rings. The van der Waals surface area contributed by atoms with Crippen molar-refractivity contribution in [2.45, 2.75) is 45.1 Å². The second-order valence-corrected chi connectivity index (χ2v) is 8.99. The lowest BCUT2D eigenvalue weighted by Gasteiger charge is -2.29. The predicted octanol–water partition coefficient (Wildman–Crippen LogP) is 8.93. The van der Waals surface area contributed by atoms with Gasteiger partial charge in [-0.3, -0.25) is 0 Å². The van der Waals surface area contributed by atoms with E-state index in [1.165, 1.54) is 6.42 Å². The van der Waals surface area contributed by atoms with Gasteiger partial charge in [-0.2, -0.15) is 0 Å². The molecule has 2 atom stereocenters. The number of ether oxygens (including phenoxy) is 2. The van der Waals surface area contributed by atoms with E-state index in [1.54, 1.807) is 54.6 Å². The van der Waals surface area contributed by atoms with Crippen molar-refractivity contribution in [1.82, 2.24) is 0 Å². The fourth-order valence-electron chi connectivity index (χ4n) is 4.75. The molecule has 1 heterocycles. The molecule has 2 unspecified atom stereocenters. The highest BCUT2D eigenvalue weighted by Crippen LogP contribution is 2.39. The van der Waals surface area contributed by atoms with Crippen molar-refractivity contribution in [2.75, 3.05) is 13.2 Å². The Balaban J connectivity index is 1.57. The summed E-state index contributed by atoms with van der Waals surface area (Å²) < 4.78 is 55.0. The molecule has 0 spiro atoms. The molecule has 0 aromatic heterocycles. The first-order valence-electron chi connectivity index (χ1n) is 12.2. The van der Waals surface area contributed by atoms with Gasteiger partial charge < -0.3 is 9.47 Å². The van der Waals surface area contributed by atoms with Crippen LogP contribution < -0.4 is 4.74 Å². The quantitative estimate of drug-likeness (QED) is 0.285. The van der Waals surface area contributed by atoms with E-state index in [1.807, 2.05) is 12.1 Å². The molecule has 184 valence electrons. The predicted molar refractivity (Wildman–Crippen MR) is 134 cm³/mol. The summed E-state index contributed by atoms with van der Waals surface area (Å²) in [7, 11) is 0. The Kier molecular flexibility index (Phi) is 8.29. The molecular weight excluding hydrogens is 449 g/mol. The molecule has 1 saturated heterocycles. The highest BCUT2D eigenvalue weighted by atomic mass is 19.3. The molecule has 35 heavy (non-hydrogen) atoms. The maximum atomic E-state index is 15.4. The molecule has 5 heteroatoms. The largest absolute Gasteiger partial charge is 0.490 e. The van der Waals surface area contributed by atoms with Crippen LogP contribution in [0.3, 0.4) is 0 Å². The number of hydrogen-bond acceptors (Lipinski definition) is 2. The van der Waals surface area contributed by atoms with Crippen molar-refractivity contribution in [3.63, 3.8) is 0 Å². The van der Waals surface area contributed by atoms with Crippen LogP contribution >= 0.6 is 0 Å². The molecule has 0 amide bonds. The van der Waals surface area contributed by atoms with Gasteiger partial charge >= 0.3 is 0 Å². The highest BCUT2D eigenvalue weighted by Gasteiger charge is 2.24. The lowest BCUT2D eigenvalue weighted by Crippen LogP contribution is -2.20. The van der Waals surface area contributed by atoms with Crippen LogP contribution in [0, 0.1) is 11.7 Å². The molecule has 1 aliphatic rings. The summed E-state index contributed by atoms with van der Waals surface area (Å²) in [5.41, 5.74) is 1.84. The third-order valence-electron chi connectivity index (χ3n) is 6.59. The van der Waals surface area contributed by atoms with E-state index in [9.17, 15) is 8.78 Å². The molecule has 0 bridgehead atoms. The maximum Gasteiger partial charge on any atom is 0.267 e. The van der Waals surface area contributed by atoms with E-state index < -0.39 is 17.8 Å². The summed E-state index contributed by atoms with van der Waals surface area (Å²) in [4.78, 5) is 0. The van der Waals surface area contributed by atoms with Gasteiger partial charge in [-0.25, -0.2) is 13.2 Å². The third-order valence-corrected chi connectivity index (χ3v) is 6.59. The Hall–Kier alpha value is -3.05. The normalized spacial score (nSPS) is 18.0. The lowest BCUT2D eigenvalue weighted by atomic mass is 9.90. The summed E-state index contributed by atoms with van der Waals surface area (Å²) in [5.74, 6) is 0.313. The summed E-state index contributed by atoms with van der Waals surface area (Å²) in [6.07, 6.45) is 3.13. The minimum absolute atomic E-state index is 0.0273. The van der Waals surface area contributed by atoms with Crippen molar-refractivity contribution < 1.29 is 22.6 Å². The van der Waals surface area contributed by atoms with Crippen LogP contribution in [0.4, 0.5) is 13.2 Å². The Labute approximate surface area is 205 Å². The van der Waals surface area contributed by atoms with Gasteiger partial charge in [0.1, 0.15) is 18.2 Å². The van der Waals surface area contributed by atoms with Crippen LogP contribution in [0.15, 0.2) is 73.3 Å². The van der Waals surface area contributed by atoms with E-state index >= 15 is 4.39 Å². The zero-order valence-electron chi connectivity index (χ0n) is 20.0. The van der Waals surface area contributed by atoms with Crippen molar-refractivity contribution in [1.29, 1.82) is 0 Å². The molecule has 0 radical (unpaired) electrons. The molecule has 4 rings (SSSR count).